The second-order valence-electron chi connectivity index (χ2n) is 5.60. The molecule has 5 nitrogen and oxygen atoms in total. The van der Waals surface area contributed by atoms with Crippen molar-refractivity contribution < 1.29 is 4.79 Å². The minimum atomic E-state index is -0.412. The van der Waals surface area contributed by atoms with Crippen LogP contribution in [0.5, 0.6) is 0 Å². The highest BCUT2D eigenvalue weighted by atomic mass is 16.2. The second-order valence-corrected chi connectivity index (χ2v) is 5.60. The molecule has 0 fully saturated rings. The monoisotopic (exact) mass is 261 g/mol. The highest BCUT2D eigenvalue weighted by Crippen LogP contribution is 2.12. The number of aromatic amines is 1. The van der Waals surface area contributed by atoms with Crippen LogP contribution in [0.15, 0.2) is 29.1 Å². The first-order valence-electron chi connectivity index (χ1n) is 6.35. The fourth-order valence-corrected chi connectivity index (χ4v) is 1.88. The third-order valence-electron chi connectivity index (χ3n) is 2.98. The highest BCUT2D eigenvalue weighted by molar-refractivity contribution is 5.81. The second kappa shape index (κ2) is 4.91. The van der Waals surface area contributed by atoms with E-state index in [1.807, 2.05) is 45.0 Å². The maximum atomic E-state index is 11.8. The Morgan fingerprint density at radius 2 is 2.00 bits per heavy atom. The fraction of sp³-hybridized carbons (Fsp3) is 0.429. The zero-order valence-electron chi connectivity index (χ0n) is 11.5. The van der Waals surface area contributed by atoms with Crippen LogP contribution in [0, 0.1) is 5.41 Å². The van der Waals surface area contributed by atoms with Crippen LogP contribution in [0.1, 0.15) is 20.8 Å². The number of carbonyl (C=O) groups excluding carboxylic acids is 1. The largest absolute Gasteiger partial charge is 0.354 e. The lowest BCUT2D eigenvalue weighted by Crippen LogP contribution is -2.37. The van der Waals surface area contributed by atoms with E-state index >= 15 is 0 Å². The average molecular weight is 261 g/mol. The van der Waals surface area contributed by atoms with Crippen molar-refractivity contribution in [2.24, 2.45) is 5.41 Å². The molecule has 0 aliphatic carbocycles. The number of hydrogen-bond acceptors (Lipinski definition) is 2. The van der Waals surface area contributed by atoms with Crippen molar-refractivity contribution in [2.75, 3.05) is 6.54 Å². The molecule has 0 unspecified atom stereocenters. The molecule has 0 atom stereocenters. The van der Waals surface area contributed by atoms with Gasteiger partial charge in [0.25, 0.3) is 0 Å². The SMILES string of the molecule is CC(C)(C)C(=O)NCCn1c(=O)[nH]c2ccccc21. The van der Waals surface area contributed by atoms with Crippen molar-refractivity contribution in [3.63, 3.8) is 0 Å². The molecule has 102 valence electrons. The maximum absolute atomic E-state index is 11.8. The third-order valence-corrected chi connectivity index (χ3v) is 2.98. The Labute approximate surface area is 111 Å². The first-order valence-corrected chi connectivity index (χ1v) is 6.35. The molecule has 1 aromatic heterocycles. The van der Waals surface area contributed by atoms with Crippen LogP contribution < -0.4 is 11.0 Å². The molecule has 0 aliphatic rings. The summed E-state index contributed by atoms with van der Waals surface area (Å²) in [5.74, 6) is -0.0135. The number of aromatic nitrogens is 2. The standard InChI is InChI=1S/C14H19N3O2/c1-14(2,3)12(18)15-8-9-17-11-7-5-4-6-10(11)16-13(17)19/h4-7H,8-9H2,1-3H3,(H,15,18)(H,16,19). The van der Waals surface area contributed by atoms with Gasteiger partial charge in [-0.05, 0) is 12.1 Å². The zero-order valence-corrected chi connectivity index (χ0v) is 11.5. The summed E-state index contributed by atoms with van der Waals surface area (Å²) in [7, 11) is 0. The molecule has 19 heavy (non-hydrogen) atoms. The molecule has 2 N–H and O–H groups in total. The summed E-state index contributed by atoms with van der Waals surface area (Å²) in [5, 5.41) is 2.84. The number of amides is 1. The van der Waals surface area contributed by atoms with E-state index in [1.165, 1.54) is 0 Å². The van der Waals surface area contributed by atoms with E-state index in [0.717, 1.165) is 11.0 Å². The lowest BCUT2D eigenvalue weighted by atomic mass is 9.96. The molecule has 0 spiro atoms. The van der Waals surface area contributed by atoms with Gasteiger partial charge in [0, 0.05) is 18.5 Å². The van der Waals surface area contributed by atoms with Gasteiger partial charge in [0.15, 0.2) is 0 Å². The predicted molar refractivity (Wildman–Crippen MR) is 75.0 cm³/mol. The molecule has 0 radical (unpaired) electrons. The Hall–Kier alpha value is -2.04. The normalized spacial score (nSPS) is 11.7. The van der Waals surface area contributed by atoms with Gasteiger partial charge in [-0.15, -0.1) is 0 Å². The molecule has 1 heterocycles. The third kappa shape index (κ3) is 2.86. The molecule has 0 saturated heterocycles. The molecule has 5 heteroatoms. The van der Waals surface area contributed by atoms with E-state index in [9.17, 15) is 9.59 Å². The van der Waals surface area contributed by atoms with Gasteiger partial charge < -0.3 is 10.3 Å². The summed E-state index contributed by atoms with van der Waals surface area (Å²) in [5.41, 5.74) is 1.11. The Balaban J connectivity index is 2.09. The van der Waals surface area contributed by atoms with E-state index < -0.39 is 5.41 Å². The van der Waals surface area contributed by atoms with Crippen LogP contribution in [0.2, 0.25) is 0 Å². The molecule has 0 aliphatic heterocycles. The number of nitrogens with zero attached hydrogens (tertiary/aromatic N) is 1. The fourth-order valence-electron chi connectivity index (χ4n) is 1.88. The first-order chi connectivity index (χ1) is 8.89. The summed E-state index contributed by atoms with van der Waals surface area (Å²) in [6.45, 7) is 6.49. The van der Waals surface area contributed by atoms with Crippen molar-refractivity contribution in [1.29, 1.82) is 0 Å². The lowest BCUT2D eigenvalue weighted by molar-refractivity contribution is -0.128. The van der Waals surface area contributed by atoms with E-state index in [0.29, 0.717) is 13.1 Å². The minimum Gasteiger partial charge on any atom is -0.354 e. The Bertz CT molecular complexity index is 646. The van der Waals surface area contributed by atoms with Gasteiger partial charge in [-0.2, -0.15) is 0 Å². The van der Waals surface area contributed by atoms with Crippen molar-refractivity contribution in [3.05, 3.63) is 34.7 Å². The summed E-state index contributed by atoms with van der Waals surface area (Å²) < 4.78 is 1.64. The number of nitrogens with one attached hydrogen (secondary N) is 2. The predicted octanol–water partition coefficient (Wildman–Crippen LogP) is 1.49. The van der Waals surface area contributed by atoms with Crippen LogP contribution in [-0.2, 0) is 11.3 Å². The smallest absolute Gasteiger partial charge is 0.326 e. The maximum Gasteiger partial charge on any atom is 0.326 e. The first kappa shape index (κ1) is 13.4. The topological polar surface area (TPSA) is 66.9 Å². The lowest BCUT2D eigenvalue weighted by Gasteiger charge is -2.17. The zero-order chi connectivity index (χ0) is 14.0. The molecule has 2 rings (SSSR count). The van der Waals surface area contributed by atoms with Gasteiger partial charge in [-0.25, -0.2) is 4.79 Å². The molecule has 0 bridgehead atoms. The number of imidazole rings is 1. The van der Waals surface area contributed by atoms with E-state index in [-0.39, 0.29) is 11.6 Å². The highest BCUT2D eigenvalue weighted by Gasteiger charge is 2.20. The van der Waals surface area contributed by atoms with Gasteiger partial charge in [0.1, 0.15) is 0 Å². The molecule has 0 saturated carbocycles. The van der Waals surface area contributed by atoms with Crippen LogP contribution in [0.4, 0.5) is 0 Å². The summed E-state index contributed by atoms with van der Waals surface area (Å²) in [6.07, 6.45) is 0. The van der Waals surface area contributed by atoms with Crippen LogP contribution in [-0.4, -0.2) is 22.0 Å². The number of rotatable bonds is 3. The summed E-state index contributed by atoms with van der Waals surface area (Å²) in [4.78, 5) is 26.3. The Morgan fingerprint density at radius 1 is 1.32 bits per heavy atom. The number of hydrogen-bond donors (Lipinski definition) is 2. The summed E-state index contributed by atoms with van der Waals surface area (Å²) >= 11 is 0. The number of fused-ring (bicyclic) bond motifs is 1. The van der Waals surface area contributed by atoms with E-state index in [1.54, 1.807) is 4.57 Å². The van der Waals surface area contributed by atoms with E-state index in [4.69, 9.17) is 0 Å². The number of para-hydroxylation sites is 2. The quantitative estimate of drug-likeness (QED) is 0.879. The summed E-state index contributed by atoms with van der Waals surface area (Å²) in [6, 6.07) is 7.52. The van der Waals surface area contributed by atoms with Gasteiger partial charge in [0.2, 0.25) is 5.91 Å². The molecule has 1 aromatic carbocycles. The Morgan fingerprint density at radius 3 is 2.68 bits per heavy atom. The molecule has 1 amide bonds. The van der Waals surface area contributed by atoms with Gasteiger partial charge >= 0.3 is 5.69 Å². The molecule has 2 aromatic rings. The molecular formula is C14H19N3O2. The van der Waals surface area contributed by atoms with Gasteiger partial charge in [-0.1, -0.05) is 32.9 Å². The van der Waals surface area contributed by atoms with Gasteiger partial charge in [0.05, 0.1) is 11.0 Å². The minimum absolute atomic E-state index is 0.0135. The van der Waals surface area contributed by atoms with E-state index in [2.05, 4.69) is 10.3 Å². The Kier molecular flexibility index (Phi) is 3.46. The van der Waals surface area contributed by atoms with Crippen molar-refractivity contribution in [2.45, 2.75) is 27.3 Å². The van der Waals surface area contributed by atoms with Crippen molar-refractivity contribution in [3.8, 4) is 0 Å². The van der Waals surface area contributed by atoms with Crippen LogP contribution >= 0.6 is 0 Å². The number of carbonyl (C=O) groups is 1. The van der Waals surface area contributed by atoms with Crippen LogP contribution in [0.25, 0.3) is 11.0 Å². The van der Waals surface area contributed by atoms with Crippen LogP contribution in [0.3, 0.4) is 0 Å². The number of H-pyrrole nitrogens is 1. The van der Waals surface area contributed by atoms with Gasteiger partial charge in [-0.3, -0.25) is 9.36 Å². The van der Waals surface area contributed by atoms with Crippen molar-refractivity contribution in [1.82, 2.24) is 14.9 Å². The average Bonchev–Trinajstić information content (AvgIpc) is 2.64. The number of benzene rings is 1. The molecular weight excluding hydrogens is 242 g/mol. The van der Waals surface area contributed by atoms with Crippen molar-refractivity contribution >= 4 is 16.9 Å².